The number of fused-ring (bicyclic) bond motifs is 1. The lowest BCUT2D eigenvalue weighted by Gasteiger charge is -2.27. The van der Waals surface area contributed by atoms with Crippen molar-refractivity contribution in [2.45, 2.75) is 24.5 Å². The third kappa shape index (κ3) is 4.11. The van der Waals surface area contributed by atoms with E-state index in [2.05, 4.69) is 11.1 Å². The smallest absolute Gasteiger partial charge is 0.305 e. The number of aromatic amines is 1. The first-order valence-electron chi connectivity index (χ1n) is 9.26. The van der Waals surface area contributed by atoms with Crippen LogP contribution in [-0.4, -0.2) is 24.1 Å². The number of nitrogens with one attached hydrogen (secondary N) is 1. The van der Waals surface area contributed by atoms with Gasteiger partial charge >= 0.3 is 4.87 Å². The average Bonchev–Trinajstić information content (AvgIpc) is 3.11. The Labute approximate surface area is 177 Å². The Hall–Kier alpha value is -2.51. The highest BCUT2D eigenvalue weighted by Gasteiger charge is 2.34. The van der Waals surface area contributed by atoms with Crippen LogP contribution in [0.3, 0.4) is 0 Å². The summed E-state index contributed by atoms with van der Waals surface area (Å²) in [5.41, 5.74) is 3.21. The summed E-state index contributed by atoms with van der Waals surface area (Å²) in [6.45, 7) is 2.49. The van der Waals surface area contributed by atoms with Gasteiger partial charge in [-0.1, -0.05) is 47.2 Å². The molecule has 1 aliphatic heterocycles. The quantitative estimate of drug-likeness (QED) is 0.591. The lowest BCUT2D eigenvalue weighted by molar-refractivity contribution is -0.110. The van der Waals surface area contributed by atoms with Crippen molar-refractivity contribution in [1.29, 1.82) is 0 Å². The molecule has 2 heterocycles. The summed E-state index contributed by atoms with van der Waals surface area (Å²) in [5.74, 6) is 1.55. The zero-order valence-electron chi connectivity index (χ0n) is 16.1. The average molecular weight is 428 g/mol. The van der Waals surface area contributed by atoms with E-state index in [1.165, 1.54) is 28.7 Å². The maximum absolute atomic E-state index is 11.9. The molecule has 2 aromatic carbocycles. The third-order valence-corrected chi connectivity index (χ3v) is 7.23. The lowest BCUT2D eigenvalue weighted by Crippen LogP contribution is -2.21. The minimum absolute atomic E-state index is 0.0934. The predicted molar refractivity (Wildman–Crippen MR) is 116 cm³/mol. The number of methoxy groups -OCH3 is 1. The molecule has 0 amide bonds. The molecule has 0 spiro atoms. The molecule has 0 saturated heterocycles. The van der Waals surface area contributed by atoms with Gasteiger partial charge in [0.15, 0.2) is 11.5 Å². The normalized spacial score (nSPS) is 18.1. The molecule has 0 radical (unpaired) electrons. The first-order chi connectivity index (χ1) is 14.1. The van der Waals surface area contributed by atoms with Gasteiger partial charge in [-0.25, -0.2) is 0 Å². The van der Waals surface area contributed by atoms with Gasteiger partial charge in [-0.15, -0.1) is 11.8 Å². The summed E-state index contributed by atoms with van der Waals surface area (Å²) in [6, 6.07) is 13.9. The molecular formula is C22H21NO4S2. The van der Waals surface area contributed by atoms with E-state index in [0.29, 0.717) is 23.9 Å². The number of rotatable bonds is 6. The van der Waals surface area contributed by atoms with E-state index in [-0.39, 0.29) is 16.7 Å². The third-order valence-electron chi connectivity index (χ3n) is 4.97. The molecule has 0 aliphatic carbocycles. The van der Waals surface area contributed by atoms with Crippen LogP contribution in [0.4, 0.5) is 0 Å². The highest BCUT2D eigenvalue weighted by atomic mass is 32.2. The van der Waals surface area contributed by atoms with Gasteiger partial charge in [0.2, 0.25) is 0 Å². The van der Waals surface area contributed by atoms with Crippen molar-refractivity contribution in [3.05, 3.63) is 73.7 Å². The van der Waals surface area contributed by atoms with Crippen molar-refractivity contribution in [3.63, 3.8) is 0 Å². The van der Waals surface area contributed by atoms with Crippen LogP contribution in [0.25, 0.3) is 0 Å². The molecule has 150 valence electrons. The molecule has 4 rings (SSSR count). The topological polar surface area (TPSA) is 68.4 Å². The molecular weight excluding hydrogens is 406 g/mol. The maximum atomic E-state index is 11.9. The summed E-state index contributed by atoms with van der Waals surface area (Å²) in [7, 11) is 1.60. The number of carbonyl (C=O) groups excluding carboxylic acids is 1. The number of benzene rings is 2. The Balaban J connectivity index is 1.63. The van der Waals surface area contributed by atoms with Crippen molar-refractivity contribution in [1.82, 2.24) is 4.98 Å². The number of carbonyl (C=O) groups is 1. The number of aryl methyl sites for hydroxylation is 1. The second-order valence-electron chi connectivity index (χ2n) is 6.98. The number of hydrogen-bond donors (Lipinski definition) is 1. The first-order valence-corrected chi connectivity index (χ1v) is 11.1. The first kappa shape index (κ1) is 19.8. The Kier molecular flexibility index (Phi) is 5.78. The van der Waals surface area contributed by atoms with Crippen LogP contribution < -0.4 is 14.3 Å². The van der Waals surface area contributed by atoms with Crippen LogP contribution in [0.5, 0.6) is 11.5 Å². The molecule has 0 bridgehead atoms. The summed E-state index contributed by atoms with van der Waals surface area (Å²) < 4.78 is 11.6. The van der Waals surface area contributed by atoms with Gasteiger partial charge in [0.25, 0.3) is 0 Å². The fourth-order valence-electron chi connectivity index (χ4n) is 3.58. The highest BCUT2D eigenvalue weighted by Crippen LogP contribution is 2.45. The van der Waals surface area contributed by atoms with Gasteiger partial charge in [0.1, 0.15) is 12.9 Å². The monoisotopic (exact) mass is 427 g/mol. The maximum Gasteiger partial charge on any atom is 0.305 e. The lowest BCUT2D eigenvalue weighted by atomic mass is 9.86. The number of thiazole rings is 1. The van der Waals surface area contributed by atoms with E-state index in [9.17, 15) is 9.59 Å². The van der Waals surface area contributed by atoms with Gasteiger partial charge < -0.3 is 19.3 Å². The summed E-state index contributed by atoms with van der Waals surface area (Å²) in [4.78, 5) is 27.3. The second-order valence-corrected chi connectivity index (χ2v) is 9.03. The molecule has 5 nitrogen and oxygen atoms in total. The minimum atomic E-state index is -0.192. The molecule has 0 fully saturated rings. The number of H-pyrrole nitrogens is 1. The Morgan fingerprint density at radius 2 is 2.07 bits per heavy atom. The van der Waals surface area contributed by atoms with E-state index in [4.69, 9.17) is 9.47 Å². The van der Waals surface area contributed by atoms with Crippen molar-refractivity contribution in [2.75, 3.05) is 12.9 Å². The van der Waals surface area contributed by atoms with Gasteiger partial charge in [-0.3, -0.25) is 4.79 Å². The van der Waals surface area contributed by atoms with Crippen LogP contribution in [0, 0.1) is 12.8 Å². The van der Waals surface area contributed by atoms with Crippen LogP contribution in [-0.2, 0) is 11.4 Å². The molecule has 2 atom stereocenters. The summed E-state index contributed by atoms with van der Waals surface area (Å²) in [6.07, 6.45) is 0.986. The standard InChI is InChI=1S/C22H21NO4S2/c1-13-4-3-5-14(8-13)11-27-17-7-6-15(9-18(17)26-2)19-16(10-24)12-28-21-20(19)29-22(25)23-21/h3-10,16,19H,11-12H2,1-2H3,(H,23,25). The van der Waals surface area contributed by atoms with E-state index in [0.717, 1.165) is 27.3 Å². The zero-order chi connectivity index (χ0) is 20.4. The molecule has 3 aromatic rings. The summed E-state index contributed by atoms with van der Waals surface area (Å²) in [5, 5.41) is 0.863. The summed E-state index contributed by atoms with van der Waals surface area (Å²) >= 11 is 2.70. The SMILES string of the molecule is COc1cc(C2c3sc(=O)[nH]c3SCC2C=O)ccc1OCc1cccc(C)c1. The molecule has 0 saturated carbocycles. The number of ether oxygens (including phenoxy) is 2. The fourth-order valence-corrected chi connectivity index (χ4v) is 5.95. The largest absolute Gasteiger partial charge is 0.493 e. The zero-order valence-corrected chi connectivity index (χ0v) is 17.8. The Morgan fingerprint density at radius 1 is 1.21 bits per heavy atom. The molecule has 1 aromatic heterocycles. The van der Waals surface area contributed by atoms with Crippen LogP contribution in [0.15, 0.2) is 52.3 Å². The van der Waals surface area contributed by atoms with Crippen LogP contribution in [0.1, 0.15) is 27.5 Å². The van der Waals surface area contributed by atoms with E-state index < -0.39 is 0 Å². The number of thioether (sulfide) groups is 1. The molecule has 2 unspecified atom stereocenters. The fraction of sp³-hybridized carbons (Fsp3) is 0.273. The predicted octanol–water partition coefficient (Wildman–Crippen LogP) is 4.39. The van der Waals surface area contributed by atoms with Gasteiger partial charge in [-0.2, -0.15) is 0 Å². The number of hydrogen-bond acceptors (Lipinski definition) is 6. The van der Waals surface area contributed by atoms with Gasteiger partial charge in [0, 0.05) is 22.5 Å². The highest BCUT2D eigenvalue weighted by molar-refractivity contribution is 7.99. The Morgan fingerprint density at radius 3 is 2.83 bits per heavy atom. The van der Waals surface area contributed by atoms with Crippen molar-refractivity contribution in [2.24, 2.45) is 5.92 Å². The number of aromatic nitrogens is 1. The van der Waals surface area contributed by atoms with Crippen molar-refractivity contribution >= 4 is 29.4 Å². The number of aldehydes is 1. The van der Waals surface area contributed by atoms with E-state index >= 15 is 0 Å². The Bertz CT molecular complexity index is 1090. The van der Waals surface area contributed by atoms with E-state index in [1.54, 1.807) is 7.11 Å². The second kappa shape index (κ2) is 8.47. The minimum Gasteiger partial charge on any atom is -0.493 e. The molecule has 1 N–H and O–H groups in total. The van der Waals surface area contributed by atoms with Gasteiger partial charge in [-0.05, 0) is 30.2 Å². The van der Waals surface area contributed by atoms with Gasteiger partial charge in [0.05, 0.1) is 12.1 Å². The molecule has 29 heavy (non-hydrogen) atoms. The van der Waals surface area contributed by atoms with Crippen molar-refractivity contribution < 1.29 is 14.3 Å². The molecule has 7 heteroatoms. The van der Waals surface area contributed by atoms with Crippen LogP contribution >= 0.6 is 23.1 Å². The van der Waals surface area contributed by atoms with Crippen LogP contribution in [0.2, 0.25) is 0 Å². The van der Waals surface area contributed by atoms with Crippen molar-refractivity contribution in [3.8, 4) is 11.5 Å². The molecule has 1 aliphatic rings. The van der Waals surface area contributed by atoms with E-state index in [1.807, 2.05) is 43.3 Å².